The van der Waals surface area contributed by atoms with Crippen molar-refractivity contribution in [2.24, 2.45) is 0 Å². The Kier molecular flexibility index (Phi) is 19.8. The first-order chi connectivity index (χ1) is 12.7. The van der Waals surface area contributed by atoms with Crippen molar-refractivity contribution in [2.75, 3.05) is 27.2 Å². The summed E-state index contributed by atoms with van der Waals surface area (Å²) in [6.45, 7) is 4.11. The summed E-state index contributed by atoms with van der Waals surface area (Å²) in [4.78, 5) is 13.8. The molecule has 0 aromatic rings. The Balaban J connectivity index is 3.21. The molecule has 1 amide bonds. The van der Waals surface area contributed by atoms with Crippen LogP contribution in [0.3, 0.4) is 0 Å². The molecule has 0 aromatic carbocycles. The van der Waals surface area contributed by atoms with E-state index in [-0.39, 0.29) is 5.91 Å². The molecule has 0 aliphatic heterocycles. The van der Waals surface area contributed by atoms with Crippen molar-refractivity contribution < 1.29 is 4.79 Å². The molecule has 3 heteroatoms. The Morgan fingerprint density at radius 1 is 0.769 bits per heavy atom. The van der Waals surface area contributed by atoms with Crippen molar-refractivity contribution in [3.8, 4) is 0 Å². The number of allylic oxidation sites excluding steroid dienone is 2. The minimum absolute atomic E-state index is 0.224. The first-order valence-corrected chi connectivity index (χ1v) is 11.2. The van der Waals surface area contributed by atoms with Crippen molar-refractivity contribution >= 4 is 5.91 Å². The fraction of sp³-hybridized carbons (Fsp3) is 0.870. The smallest absolute Gasteiger partial charge is 0.219 e. The van der Waals surface area contributed by atoms with Gasteiger partial charge in [-0.15, -0.1) is 0 Å². The van der Waals surface area contributed by atoms with Crippen molar-refractivity contribution in [2.45, 2.75) is 103 Å². The first kappa shape index (κ1) is 25.2. The molecule has 0 radical (unpaired) electrons. The number of rotatable bonds is 19. The Morgan fingerprint density at radius 2 is 1.31 bits per heavy atom. The number of nitrogens with zero attached hydrogens (tertiary/aromatic N) is 1. The standard InChI is InChI=1S/C23H46N2O/c1-4-5-6-7-8-9-10-11-12-13-14-15-16-17-18-20-23(26)24-21-19-22-25(2)3/h11-12H,4-10,13-22H2,1-3H3,(H,24,26). The lowest BCUT2D eigenvalue weighted by atomic mass is 10.1. The summed E-state index contributed by atoms with van der Waals surface area (Å²) >= 11 is 0. The molecule has 0 fully saturated rings. The Labute approximate surface area is 164 Å². The predicted molar refractivity (Wildman–Crippen MR) is 116 cm³/mol. The Hall–Kier alpha value is -0.830. The van der Waals surface area contributed by atoms with E-state index in [0.29, 0.717) is 6.42 Å². The molecule has 0 rings (SSSR count). The van der Waals surface area contributed by atoms with Crippen LogP contribution in [0.4, 0.5) is 0 Å². The molecule has 3 nitrogen and oxygen atoms in total. The van der Waals surface area contributed by atoms with Crippen LogP contribution < -0.4 is 5.32 Å². The van der Waals surface area contributed by atoms with E-state index in [0.717, 1.165) is 25.9 Å². The summed E-state index contributed by atoms with van der Waals surface area (Å²) in [6, 6.07) is 0. The molecule has 0 saturated heterocycles. The van der Waals surface area contributed by atoms with E-state index in [1.807, 2.05) is 0 Å². The van der Waals surface area contributed by atoms with Crippen molar-refractivity contribution in [1.82, 2.24) is 10.2 Å². The van der Waals surface area contributed by atoms with Gasteiger partial charge in [-0.2, -0.15) is 0 Å². The average molecular weight is 367 g/mol. The summed E-state index contributed by atoms with van der Waals surface area (Å²) in [6.07, 6.45) is 23.4. The van der Waals surface area contributed by atoms with Crippen molar-refractivity contribution in [3.63, 3.8) is 0 Å². The monoisotopic (exact) mass is 366 g/mol. The average Bonchev–Trinajstić information content (AvgIpc) is 2.62. The highest BCUT2D eigenvalue weighted by Gasteiger charge is 2.00. The topological polar surface area (TPSA) is 32.3 Å². The maximum absolute atomic E-state index is 11.7. The molecule has 26 heavy (non-hydrogen) atoms. The fourth-order valence-corrected chi connectivity index (χ4v) is 3.07. The zero-order chi connectivity index (χ0) is 19.3. The van der Waals surface area contributed by atoms with E-state index in [1.165, 1.54) is 77.0 Å². The number of amides is 1. The van der Waals surface area contributed by atoms with E-state index in [4.69, 9.17) is 0 Å². The summed E-state index contributed by atoms with van der Waals surface area (Å²) in [5.74, 6) is 0.224. The lowest BCUT2D eigenvalue weighted by Crippen LogP contribution is -2.26. The van der Waals surface area contributed by atoms with Crippen LogP contribution in [-0.4, -0.2) is 38.0 Å². The van der Waals surface area contributed by atoms with E-state index < -0.39 is 0 Å². The normalized spacial score (nSPS) is 11.5. The third-order valence-electron chi connectivity index (χ3n) is 4.77. The Bertz CT molecular complexity index is 326. The van der Waals surface area contributed by atoms with E-state index >= 15 is 0 Å². The van der Waals surface area contributed by atoms with Gasteiger partial charge in [-0.05, 0) is 59.2 Å². The minimum atomic E-state index is 0.224. The first-order valence-electron chi connectivity index (χ1n) is 11.2. The van der Waals surface area contributed by atoms with Crippen LogP contribution in [0.5, 0.6) is 0 Å². The molecular weight excluding hydrogens is 320 g/mol. The molecule has 0 heterocycles. The van der Waals surface area contributed by atoms with Gasteiger partial charge >= 0.3 is 0 Å². The van der Waals surface area contributed by atoms with Gasteiger partial charge in [0.05, 0.1) is 0 Å². The van der Waals surface area contributed by atoms with Gasteiger partial charge in [-0.3, -0.25) is 4.79 Å². The fourth-order valence-electron chi connectivity index (χ4n) is 3.07. The lowest BCUT2D eigenvalue weighted by Gasteiger charge is -2.09. The van der Waals surface area contributed by atoms with Crippen LogP contribution in [-0.2, 0) is 4.79 Å². The summed E-state index contributed by atoms with van der Waals surface area (Å²) in [5, 5.41) is 3.01. The van der Waals surface area contributed by atoms with Gasteiger partial charge < -0.3 is 10.2 Å². The van der Waals surface area contributed by atoms with Crippen molar-refractivity contribution in [3.05, 3.63) is 12.2 Å². The SMILES string of the molecule is CCCCCCCCC=CCCCCCCCC(=O)NCCCN(C)C. The van der Waals surface area contributed by atoms with Crippen molar-refractivity contribution in [1.29, 1.82) is 0 Å². The van der Waals surface area contributed by atoms with E-state index in [9.17, 15) is 4.79 Å². The minimum Gasteiger partial charge on any atom is -0.356 e. The highest BCUT2D eigenvalue weighted by molar-refractivity contribution is 5.75. The summed E-state index contributed by atoms with van der Waals surface area (Å²) in [5.41, 5.74) is 0. The van der Waals surface area contributed by atoms with Crippen LogP contribution >= 0.6 is 0 Å². The zero-order valence-corrected chi connectivity index (χ0v) is 18.0. The molecule has 0 saturated carbocycles. The van der Waals surface area contributed by atoms with Gasteiger partial charge in [0, 0.05) is 13.0 Å². The molecule has 0 bridgehead atoms. The van der Waals surface area contributed by atoms with Crippen LogP contribution in [0, 0.1) is 0 Å². The number of carbonyl (C=O) groups is 1. The number of hydrogen-bond acceptors (Lipinski definition) is 2. The molecule has 0 aliphatic carbocycles. The maximum Gasteiger partial charge on any atom is 0.219 e. The predicted octanol–water partition coefficient (Wildman–Crippen LogP) is 6.09. The third-order valence-corrected chi connectivity index (χ3v) is 4.77. The van der Waals surface area contributed by atoms with Crippen LogP contribution in [0.25, 0.3) is 0 Å². The number of hydrogen-bond donors (Lipinski definition) is 1. The number of unbranched alkanes of at least 4 members (excludes halogenated alkanes) is 11. The number of carbonyl (C=O) groups excluding carboxylic acids is 1. The van der Waals surface area contributed by atoms with E-state index in [2.05, 4.69) is 43.4 Å². The third kappa shape index (κ3) is 21.2. The van der Waals surface area contributed by atoms with Gasteiger partial charge in [0.1, 0.15) is 0 Å². The van der Waals surface area contributed by atoms with Gasteiger partial charge in [-0.1, -0.05) is 70.4 Å². The van der Waals surface area contributed by atoms with Gasteiger partial charge in [0.15, 0.2) is 0 Å². The molecule has 0 aromatic heterocycles. The molecule has 0 atom stereocenters. The van der Waals surface area contributed by atoms with Gasteiger partial charge in [-0.25, -0.2) is 0 Å². The van der Waals surface area contributed by atoms with Gasteiger partial charge in [0.2, 0.25) is 5.91 Å². The Morgan fingerprint density at radius 3 is 1.88 bits per heavy atom. The summed E-state index contributed by atoms with van der Waals surface area (Å²) < 4.78 is 0. The van der Waals surface area contributed by atoms with Crippen LogP contribution in [0.1, 0.15) is 103 Å². The second-order valence-electron chi connectivity index (χ2n) is 7.84. The zero-order valence-electron chi connectivity index (χ0n) is 18.0. The van der Waals surface area contributed by atoms with Gasteiger partial charge in [0.25, 0.3) is 0 Å². The largest absolute Gasteiger partial charge is 0.356 e. The second-order valence-corrected chi connectivity index (χ2v) is 7.84. The second kappa shape index (κ2) is 20.5. The van der Waals surface area contributed by atoms with Crippen LogP contribution in [0.15, 0.2) is 12.2 Å². The highest BCUT2D eigenvalue weighted by Crippen LogP contribution is 2.09. The molecule has 0 spiro atoms. The summed E-state index contributed by atoms with van der Waals surface area (Å²) in [7, 11) is 4.13. The number of nitrogens with one attached hydrogen (secondary N) is 1. The molecule has 0 aliphatic rings. The molecule has 0 unspecified atom stereocenters. The maximum atomic E-state index is 11.7. The molecule has 154 valence electrons. The van der Waals surface area contributed by atoms with E-state index in [1.54, 1.807) is 0 Å². The van der Waals surface area contributed by atoms with Crippen LogP contribution in [0.2, 0.25) is 0 Å². The molecule has 1 N–H and O–H groups in total. The highest BCUT2D eigenvalue weighted by atomic mass is 16.1. The molecular formula is C23H46N2O. The lowest BCUT2D eigenvalue weighted by molar-refractivity contribution is -0.121. The quantitative estimate of drug-likeness (QED) is 0.221.